The number of aromatic nitrogens is 1. The highest BCUT2D eigenvalue weighted by Gasteiger charge is 2.08. The van der Waals surface area contributed by atoms with E-state index in [2.05, 4.69) is 18.0 Å². The van der Waals surface area contributed by atoms with Gasteiger partial charge in [0.15, 0.2) is 0 Å². The number of aryl methyl sites for hydroxylation is 2. The molecular formula is C17H16N2O. The van der Waals surface area contributed by atoms with Crippen LogP contribution in [-0.4, -0.2) is 4.98 Å². The highest BCUT2D eigenvalue weighted by atomic mass is 16.5. The first-order valence-corrected chi connectivity index (χ1v) is 6.52. The zero-order valence-electron chi connectivity index (χ0n) is 11.6. The molecule has 3 aromatic rings. The molecule has 0 atom stereocenters. The van der Waals surface area contributed by atoms with Crippen LogP contribution in [0.2, 0.25) is 0 Å². The molecule has 0 saturated carbocycles. The maximum atomic E-state index is 6.04. The Morgan fingerprint density at radius 1 is 0.950 bits per heavy atom. The molecule has 3 heteroatoms. The number of fused-ring (bicyclic) bond motifs is 1. The van der Waals surface area contributed by atoms with Crippen molar-refractivity contribution in [2.24, 2.45) is 0 Å². The molecule has 2 N–H and O–H groups in total. The predicted octanol–water partition coefficient (Wildman–Crippen LogP) is 4.23. The largest absolute Gasteiger partial charge is 0.456 e. The van der Waals surface area contributed by atoms with Gasteiger partial charge in [0.25, 0.3) is 0 Å². The molecule has 0 fully saturated rings. The quantitative estimate of drug-likeness (QED) is 0.705. The molecule has 0 unspecified atom stereocenters. The lowest BCUT2D eigenvalue weighted by molar-refractivity contribution is 0.484. The second-order valence-corrected chi connectivity index (χ2v) is 4.95. The summed E-state index contributed by atoms with van der Waals surface area (Å²) >= 11 is 0. The molecule has 3 nitrogen and oxygen atoms in total. The molecule has 0 bridgehead atoms. The van der Waals surface area contributed by atoms with E-state index in [1.54, 1.807) is 12.4 Å². The van der Waals surface area contributed by atoms with Crippen molar-refractivity contribution < 1.29 is 4.74 Å². The van der Waals surface area contributed by atoms with Crippen LogP contribution in [0.3, 0.4) is 0 Å². The molecule has 0 aliphatic rings. The standard InChI is InChI=1S/C17H16N2O/c1-11-3-5-16(12(2)9-11)20-17-6-4-15(18)13-7-8-19-10-14(13)17/h3-10H,18H2,1-2H3. The molecule has 100 valence electrons. The van der Waals surface area contributed by atoms with E-state index < -0.39 is 0 Å². The average Bonchev–Trinajstić information content (AvgIpc) is 2.45. The Kier molecular flexibility index (Phi) is 3.03. The van der Waals surface area contributed by atoms with E-state index in [1.807, 2.05) is 37.3 Å². The lowest BCUT2D eigenvalue weighted by Gasteiger charge is -2.12. The molecule has 20 heavy (non-hydrogen) atoms. The van der Waals surface area contributed by atoms with Crippen LogP contribution in [0.5, 0.6) is 11.5 Å². The zero-order chi connectivity index (χ0) is 14.1. The van der Waals surface area contributed by atoms with E-state index in [-0.39, 0.29) is 0 Å². The van der Waals surface area contributed by atoms with Gasteiger partial charge in [-0.05, 0) is 43.7 Å². The fourth-order valence-electron chi connectivity index (χ4n) is 2.31. The molecule has 0 saturated heterocycles. The molecule has 3 rings (SSSR count). The van der Waals surface area contributed by atoms with Gasteiger partial charge >= 0.3 is 0 Å². The van der Waals surface area contributed by atoms with Gasteiger partial charge in [-0.3, -0.25) is 4.98 Å². The smallest absolute Gasteiger partial charge is 0.136 e. The highest BCUT2D eigenvalue weighted by molar-refractivity contribution is 5.96. The molecule has 0 radical (unpaired) electrons. The van der Waals surface area contributed by atoms with Crippen molar-refractivity contribution in [1.82, 2.24) is 4.98 Å². The van der Waals surface area contributed by atoms with Crippen molar-refractivity contribution in [3.8, 4) is 11.5 Å². The second kappa shape index (κ2) is 4.85. The first kappa shape index (κ1) is 12.5. The minimum Gasteiger partial charge on any atom is -0.456 e. The Hall–Kier alpha value is -2.55. The normalized spacial score (nSPS) is 10.7. The van der Waals surface area contributed by atoms with Gasteiger partial charge in [0, 0.05) is 28.9 Å². The van der Waals surface area contributed by atoms with E-state index >= 15 is 0 Å². The van der Waals surface area contributed by atoms with E-state index in [0.717, 1.165) is 33.5 Å². The van der Waals surface area contributed by atoms with Gasteiger partial charge in [-0.25, -0.2) is 0 Å². The topological polar surface area (TPSA) is 48.1 Å². The van der Waals surface area contributed by atoms with Crippen LogP contribution >= 0.6 is 0 Å². The van der Waals surface area contributed by atoms with Crippen LogP contribution in [0.25, 0.3) is 10.8 Å². The summed E-state index contributed by atoms with van der Waals surface area (Å²) in [5, 5.41) is 1.88. The summed E-state index contributed by atoms with van der Waals surface area (Å²) in [7, 11) is 0. The van der Waals surface area contributed by atoms with Gasteiger partial charge < -0.3 is 10.5 Å². The number of ether oxygens (including phenoxy) is 1. The van der Waals surface area contributed by atoms with E-state index in [1.165, 1.54) is 5.56 Å². The minimum absolute atomic E-state index is 0.732. The monoisotopic (exact) mass is 264 g/mol. The van der Waals surface area contributed by atoms with Crippen LogP contribution in [0.4, 0.5) is 5.69 Å². The van der Waals surface area contributed by atoms with E-state index in [9.17, 15) is 0 Å². The third-order valence-electron chi connectivity index (χ3n) is 3.36. The SMILES string of the molecule is Cc1ccc(Oc2ccc(N)c3ccncc23)c(C)c1. The zero-order valence-corrected chi connectivity index (χ0v) is 11.6. The number of nitrogens with two attached hydrogens (primary N) is 1. The van der Waals surface area contributed by atoms with Crippen molar-refractivity contribution in [2.75, 3.05) is 5.73 Å². The van der Waals surface area contributed by atoms with Crippen molar-refractivity contribution in [3.05, 3.63) is 59.9 Å². The van der Waals surface area contributed by atoms with Gasteiger partial charge in [-0.2, -0.15) is 0 Å². The van der Waals surface area contributed by atoms with E-state index in [4.69, 9.17) is 10.5 Å². The maximum absolute atomic E-state index is 6.04. The molecule has 0 spiro atoms. The summed E-state index contributed by atoms with van der Waals surface area (Å²) in [6, 6.07) is 11.8. The summed E-state index contributed by atoms with van der Waals surface area (Å²) in [6.45, 7) is 4.11. The lowest BCUT2D eigenvalue weighted by atomic mass is 10.1. The summed E-state index contributed by atoms with van der Waals surface area (Å²) in [5.74, 6) is 1.62. The molecule has 0 aliphatic carbocycles. The van der Waals surface area contributed by atoms with Gasteiger partial charge in [-0.1, -0.05) is 17.7 Å². The van der Waals surface area contributed by atoms with Crippen LogP contribution in [0.15, 0.2) is 48.8 Å². The molecule has 0 aliphatic heterocycles. The summed E-state index contributed by atoms with van der Waals surface area (Å²) in [4.78, 5) is 4.16. The maximum Gasteiger partial charge on any atom is 0.136 e. The summed E-state index contributed by atoms with van der Waals surface area (Å²) < 4.78 is 6.04. The predicted molar refractivity (Wildman–Crippen MR) is 82.1 cm³/mol. The van der Waals surface area contributed by atoms with Crippen LogP contribution in [0, 0.1) is 13.8 Å². The van der Waals surface area contributed by atoms with Gasteiger partial charge in [0.05, 0.1) is 0 Å². The Labute approximate surface area is 118 Å². The first-order valence-electron chi connectivity index (χ1n) is 6.52. The van der Waals surface area contributed by atoms with Crippen LogP contribution < -0.4 is 10.5 Å². The lowest BCUT2D eigenvalue weighted by Crippen LogP contribution is -1.93. The number of hydrogen-bond acceptors (Lipinski definition) is 3. The molecule has 1 heterocycles. The van der Waals surface area contributed by atoms with Crippen LogP contribution in [0.1, 0.15) is 11.1 Å². The number of nitrogen functional groups attached to an aromatic ring is 1. The van der Waals surface area contributed by atoms with Crippen molar-refractivity contribution in [3.63, 3.8) is 0 Å². The molecule has 0 amide bonds. The molecule has 1 aromatic heterocycles. The average molecular weight is 264 g/mol. The van der Waals surface area contributed by atoms with Crippen molar-refractivity contribution in [1.29, 1.82) is 0 Å². The number of nitrogens with zero attached hydrogens (tertiary/aromatic N) is 1. The second-order valence-electron chi connectivity index (χ2n) is 4.95. The van der Waals surface area contributed by atoms with Gasteiger partial charge in [-0.15, -0.1) is 0 Å². The molecule has 2 aromatic carbocycles. The Balaban J connectivity index is 2.09. The Morgan fingerprint density at radius 3 is 2.55 bits per heavy atom. The fraction of sp³-hybridized carbons (Fsp3) is 0.118. The molecular weight excluding hydrogens is 248 g/mol. The Morgan fingerprint density at radius 2 is 1.75 bits per heavy atom. The minimum atomic E-state index is 0.732. The summed E-state index contributed by atoms with van der Waals surface area (Å²) in [5.41, 5.74) is 9.05. The van der Waals surface area contributed by atoms with Gasteiger partial charge in [0.1, 0.15) is 11.5 Å². The fourth-order valence-corrected chi connectivity index (χ4v) is 2.31. The van der Waals surface area contributed by atoms with Crippen molar-refractivity contribution in [2.45, 2.75) is 13.8 Å². The Bertz CT molecular complexity index is 781. The van der Waals surface area contributed by atoms with Crippen LogP contribution in [-0.2, 0) is 0 Å². The number of anilines is 1. The first-order chi connectivity index (χ1) is 9.65. The summed E-state index contributed by atoms with van der Waals surface area (Å²) in [6.07, 6.45) is 3.52. The number of rotatable bonds is 2. The van der Waals surface area contributed by atoms with Crippen molar-refractivity contribution >= 4 is 16.5 Å². The number of benzene rings is 2. The number of pyridine rings is 1. The number of hydrogen-bond donors (Lipinski definition) is 1. The van der Waals surface area contributed by atoms with Gasteiger partial charge in [0.2, 0.25) is 0 Å². The van der Waals surface area contributed by atoms with E-state index in [0.29, 0.717) is 0 Å². The highest BCUT2D eigenvalue weighted by Crippen LogP contribution is 2.33. The third-order valence-corrected chi connectivity index (χ3v) is 3.36. The third kappa shape index (κ3) is 2.18.